The molecule has 0 bridgehead atoms. The second kappa shape index (κ2) is 4.78. The predicted molar refractivity (Wildman–Crippen MR) is 65.7 cm³/mol. The quantitative estimate of drug-likeness (QED) is 0.843. The van der Waals surface area contributed by atoms with E-state index in [0.29, 0.717) is 5.02 Å². The normalized spacial score (nSPS) is 10.6. The summed E-state index contributed by atoms with van der Waals surface area (Å²) in [6.07, 6.45) is 1.71. The maximum Gasteiger partial charge on any atom is 0.176 e. The lowest BCUT2D eigenvalue weighted by atomic mass is 10.5. The Bertz CT molecular complexity index is 488. The summed E-state index contributed by atoms with van der Waals surface area (Å²) in [5.41, 5.74) is 0. The monoisotopic (exact) mass is 321 g/mol. The summed E-state index contributed by atoms with van der Waals surface area (Å²) in [5, 5.41) is 1.36. The summed E-state index contributed by atoms with van der Waals surface area (Å²) >= 11 is 12.1. The molecule has 0 saturated carbocycles. The molecule has 78 valence electrons. The minimum Gasteiger partial charge on any atom is -0.247 e. The molecular weight excluding hydrogens is 318 g/mol. The number of nitrogens with zero attached hydrogens (tertiary/aromatic N) is 3. The summed E-state index contributed by atoms with van der Waals surface area (Å²) in [6.45, 7) is 1.86. The standard InChI is InChI=1S/C8H5BrClN3S2/c1-4-12-8(15-13-4)14-7-6(10)2-5(9)3-11-7/h2-3H,1H3. The van der Waals surface area contributed by atoms with Crippen LogP contribution in [-0.4, -0.2) is 14.3 Å². The number of aromatic nitrogens is 3. The molecule has 15 heavy (non-hydrogen) atoms. The van der Waals surface area contributed by atoms with Crippen LogP contribution in [0.15, 0.2) is 26.1 Å². The molecule has 2 aromatic heterocycles. The molecule has 7 heteroatoms. The van der Waals surface area contributed by atoms with Crippen LogP contribution in [0.4, 0.5) is 0 Å². The second-order valence-corrected chi connectivity index (χ2v) is 5.96. The van der Waals surface area contributed by atoms with Crippen molar-refractivity contribution in [3.8, 4) is 0 Å². The highest BCUT2D eigenvalue weighted by molar-refractivity contribution is 9.10. The fourth-order valence-corrected chi connectivity index (χ4v) is 3.15. The molecule has 0 atom stereocenters. The third-order valence-electron chi connectivity index (χ3n) is 1.47. The van der Waals surface area contributed by atoms with Gasteiger partial charge in [-0.1, -0.05) is 11.6 Å². The lowest BCUT2D eigenvalue weighted by Gasteiger charge is -1.99. The summed E-state index contributed by atoms with van der Waals surface area (Å²) in [6, 6.07) is 1.81. The maximum absolute atomic E-state index is 6.03. The molecule has 0 unspecified atom stereocenters. The van der Waals surface area contributed by atoms with Crippen LogP contribution in [-0.2, 0) is 0 Å². The van der Waals surface area contributed by atoms with Gasteiger partial charge >= 0.3 is 0 Å². The van der Waals surface area contributed by atoms with Gasteiger partial charge in [0.25, 0.3) is 0 Å². The van der Waals surface area contributed by atoms with Crippen LogP contribution in [0.5, 0.6) is 0 Å². The topological polar surface area (TPSA) is 38.7 Å². The first-order chi connectivity index (χ1) is 7.15. The maximum atomic E-state index is 6.03. The Labute approximate surface area is 109 Å². The van der Waals surface area contributed by atoms with Crippen LogP contribution in [0.2, 0.25) is 5.02 Å². The van der Waals surface area contributed by atoms with Crippen molar-refractivity contribution in [2.24, 2.45) is 0 Å². The van der Waals surface area contributed by atoms with E-state index >= 15 is 0 Å². The molecule has 0 saturated heterocycles. The van der Waals surface area contributed by atoms with Gasteiger partial charge in [0, 0.05) is 10.7 Å². The van der Waals surface area contributed by atoms with E-state index in [-0.39, 0.29) is 0 Å². The van der Waals surface area contributed by atoms with Crippen LogP contribution in [0.1, 0.15) is 5.82 Å². The number of hydrogen-bond acceptors (Lipinski definition) is 5. The van der Waals surface area contributed by atoms with Gasteiger partial charge in [0.15, 0.2) is 4.34 Å². The molecule has 0 spiro atoms. The average molecular weight is 323 g/mol. The SMILES string of the molecule is Cc1nsc(Sc2ncc(Br)cc2Cl)n1. The van der Waals surface area contributed by atoms with Gasteiger partial charge < -0.3 is 0 Å². The Kier molecular flexibility index (Phi) is 3.60. The van der Waals surface area contributed by atoms with E-state index in [1.54, 1.807) is 6.20 Å². The molecule has 0 aliphatic heterocycles. The highest BCUT2D eigenvalue weighted by atomic mass is 79.9. The Morgan fingerprint density at radius 3 is 2.93 bits per heavy atom. The largest absolute Gasteiger partial charge is 0.247 e. The number of rotatable bonds is 2. The van der Waals surface area contributed by atoms with Crippen molar-refractivity contribution in [3.05, 3.63) is 27.6 Å². The van der Waals surface area contributed by atoms with Crippen molar-refractivity contribution in [2.75, 3.05) is 0 Å². The van der Waals surface area contributed by atoms with Gasteiger partial charge in [-0.15, -0.1) is 0 Å². The number of halogens is 2. The van der Waals surface area contributed by atoms with Crippen molar-refractivity contribution < 1.29 is 0 Å². The zero-order valence-electron chi connectivity index (χ0n) is 7.57. The van der Waals surface area contributed by atoms with Crippen molar-refractivity contribution >= 4 is 50.8 Å². The smallest absolute Gasteiger partial charge is 0.176 e. The van der Waals surface area contributed by atoms with E-state index in [2.05, 4.69) is 30.3 Å². The molecule has 2 aromatic rings. The first kappa shape index (κ1) is 11.3. The Balaban J connectivity index is 2.24. The van der Waals surface area contributed by atoms with E-state index in [1.165, 1.54) is 23.3 Å². The summed E-state index contributed by atoms with van der Waals surface area (Å²) in [4.78, 5) is 8.43. The van der Waals surface area contributed by atoms with Crippen molar-refractivity contribution in [1.82, 2.24) is 14.3 Å². The number of hydrogen-bond donors (Lipinski definition) is 0. The van der Waals surface area contributed by atoms with Crippen molar-refractivity contribution in [1.29, 1.82) is 0 Å². The van der Waals surface area contributed by atoms with Gasteiger partial charge in [-0.2, -0.15) is 4.37 Å². The molecule has 0 aliphatic rings. The molecule has 0 radical (unpaired) electrons. The number of aryl methyl sites for hydroxylation is 1. The molecular formula is C8H5BrClN3S2. The summed E-state index contributed by atoms with van der Waals surface area (Å²) in [7, 11) is 0. The minimum atomic E-state index is 0.613. The van der Waals surface area contributed by atoms with Gasteiger partial charge in [0.1, 0.15) is 10.9 Å². The lowest BCUT2D eigenvalue weighted by Crippen LogP contribution is -1.81. The lowest BCUT2D eigenvalue weighted by molar-refractivity contribution is 1.08. The van der Waals surface area contributed by atoms with Crippen LogP contribution >= 0.6 is 50.8 Å². The first-order valence-electron chi connectivity index (χ1n) is 3.94. The fraction of sp³-hybridized carbons (Fsp3) is 0.125. The van der Waals surface area contributed by atoms with Crippen molar-refractivity contribution in [2.45, 2.75) is 16.3 Å². The van der Waals surface area contributed by atoms with E-state index < -0.39 is 0 Å². The van der Waals surface area contributed by atoms with Crippen LogP contribution in [0.25, 0.3) is 0 Å². The van der Waals surface area contributed by atoms with E-state index in [4.69, 9.17) is 11.6 Å². The highest BCUT2D eigenvalue weighted by Crippen LogP contribution is 2.33. The zero-order chi connectivity index (χ0) is 10.8. The summed E-state index contributed by atoms with van der Waals surface area (Å²) in [5.74, 6) is 0.774. The predicted octanol–water partition coefficient (Wildman–Crippen LogP) is 3.81. The third-order valence-corrected chi connectivity index (χ3v) is 4.16. The fourth-order valence-electron chi connectivity index (χ4n) is 0.879. The van der Waals surface area contributed by atoms with Gasteiger partial charge in [0.2, 0.25) is 0 Å². The molecule has 0 N–H and O–H groups in total. The molecule has 0 aromatic carbocycles. The molecule has 0 fully saturated rings. The first-order valence-corrected chi connectivity index (χ1v) is 6.70. The molecule has 0 amide bonds. The molecule has 2 rings (SSSR count). The van der Waals surface area contributed by atoms with Gasteiger partial charge in [-0.3, -0.25) is 0 Å². The summed E-state index contributed by atoms with van der Waals surface area (Å²) < 4.78 is 5.81. The van der Waals surface area contributed by atoms with E-state index in [9.17, 15) is 0 Å². The van der Waals surface area contributed by atoms with Gasteiger partial charge in [-0.25, -0.2) is 9.97 Å². The average Bonchev–Trinajstić information content (AvgIpc) is 2.56. The van der Waals surface area contributed by atoms with Crippen LogP contribution in [0.3, 0.4) is 0 Å². The second-order valence-electron chi connectivity index (χ2n) is 2.65. The minimum absolute atomic E-state index is 0.613. The van der Waals surface area contributed by atoms with Crippen molar-refractivity contribution in [3.63, 3.8) is 0 Å². The number of pyridine rings is 1. The molecule has 3 nitrogen and oxygen atoms in total. The Morgan fingerprint density at radius 2 is 2.33 bits per heavy atom. The van der Waals surface area contributed by atoms with Crippen LogP contribution < -0.4 is 0 Å². The Hall–Kier alpha value is -0.170. The highest BCUT2D eigenvalue weighted by Gasteiger charge is 2.08. The van der Waals surface area contributed by atoms with Crippen LogP contribution in [0, 0.1) is 6.92 Å². The van der Waals surface area contributed by atoms with Gasteiger partial charge in [0.05, 0.1) is 5.02 Å². The Morgan fingerprint density at radius 1 is 1.53 bits per heavy atom. The van der Waals surface area contributed by atoms with E-state index in [1.807, 2.05) is 13.0 Å². The van der Waals surface area contributed by atoms with E-state index in [0.717, 1.165) is 19.7 Å². The molecule has 0 aliphatic carbocycles. The molecule has 2 heterocycles. The van der Waals surface area contributed by atoms with Gasteiger partial charge in [-0.05, 0) is 52.2 Å². The third kappa shape index (κ3) is 2.90. The zero-order valence-corrected chi connectivity index (χ0v) is 11.5.